The number of nitrogens with one attached hydrogen (secondary N) is 2. The monoisotopic (exact) mass is 261 g/mol. The summed E-state index contributed by atoms with van der Waals surface area (Å²) >= 11 is 0. The van der Waals surface area contributed by atoms with E-state index >= 15 is 0 Å². The molecule has 100 valence electrons. The quantitative estimate of drug-likeness (QED) is 0.652. The minimum atomic E-state index is -1.12. The number of ether oxygens (including phenoxy) is 1. The number of nitrogens with zero attached hydrogens (tertiary/aromatic N) is 1. The molecule has 0 saturated heterocycles. The Morgan fingerprint density at radius 3 is 2.84 bits per heavy atom. The molecule has 6 nitrogen and oxygen atoms in total. The van der Waals surface area contributed by atoms with Gasteiger partial charge in [0.15, 0.2) is 5.69 Å². The summed E-state index contributed by atoms with van der Waals surface area (Å²) in [6.45, 7) is 0.501. The van der Waals surface area contributed by atoms with Crippen molar-refractivity contribution in [3.05, 3.63) is 23.4 Å². The first-order valence-electron chi connectivity index (χ1n) is 6.05. The molecule has 0 bridgehead atoms. The van der Waals surface area contributed by atoms with Crippen LogP contribution in [0.1, 0.15) is 35.3 Å². The number of carboxylic acids is 1. The highest BCUT2D eigenvalue weighted by molar-refractivity contribution is 6.06. The number of carbonyl (C=O) groups is 1. The molecule has 3 N–H and O–H groups in total. The number of hydrogen-bond acceptors (Lipinski definition) is 5. The maximum absolute atomic E-state index is 10.9. The fourth-order valence-corrected chi connectivity index (χ4v) is 1.59. The van der Waals surface area contributed by atoms with Gasteiger partial charge in [0.25, 0.3) is 0 Å². The summed E-state index contributed by atoms with van der Waals surface area (Å²) in [4.78, 5) is 14.8. The lowest BCUT2D eigenvalue weighted by molar-refractivity contribution is 0.0689. The lowest BCUT2D eigenvalue weighted by Gasteiger charge is -2.10. The van der Waals surface area contributed by atoms with Gasteiger partial charge in [0.05, 0.1) is 12.2 Å². The topological polar surface area (TPSA) is 107 Å². The smallest absolute Gasteiger partial charge is 0.354 e. The molecule has 1 aromatic rings. The van der Waals surface area contributed by atoms with Gasteiger partial charge in [0.2, 0.25) is 5.88 Å². The number of aromatic nitrogens is 1. The third kappa shape index (κ3) is 3.37. The Balaban J connectivity index is 2.25. The van der Waals surface area contributed by atoms with E-state index < -0.39 is 5.97 Å². The zero-order chi connectivity index (χ0) is 13.8. The van der Waals surface area contributed by atoms with Crippen molar-refractivity contribution < 1.29 is 14.6 Å². The summed E-state index contributed by atoms with van der Waals surface area (Å²) in [7, 11) is 0. The molecular formula is C13H15N3O3. The lowest BCUT2D eigenvalue weighted by atomic mass is 10.1. The Kier molecular flexibility index (Phi) is 3.89. The van der Waals surface area contributed by atoms with Crippen LogP contribution in [-0.2, 0) is 0 Å². The summed E-state index contributed by atoms with van der Waals surface area (Å²) in [6.07, 6.45) is 3.53. The van der Waals surface area contributed by atoms with E-state index in [1.54, 1.807) is 0 Å². The third-order valence-electron chi connectivity index (χ3n) is 2.86. The Bertz CT molecular complexity index is 524. The van der Waals surface area contributed by atoms with Crippen LogP contribution in [-0.4, -0.2) is 34.6 Å². The SMILES string of the molecule is N=CCC(=N)c1ccc(C(=O)O)nc1OCC1CC1. The summed E-state index contributed by atoms with van der Waals surface area (Å²) in [5, 5.41) is 23.8. The van der Waals surface area contributed by atoms with Crippen LogP contribution in [0.4, 0.5) is 0 Å². The molecule has 1 aliphatic rings. The van der Waals surface area contributed by atoms with Crippen molar-refractivity contribution in [2.75, 3.05) is 6.61 Å². The second-order valence-electron chi connectivity index (χ2n) is 4.50. The minimum Gasteiger partial charge on any atom is -0.477 e. The van der Waals surface area contributed by atoms with Crippen LogP contribution in [0.5, 0.6) is 5.88 Å². The van der Waals surface area contributed by atoms with Crippen LogP contribution in [0.15, 0.2) is 12.1 Å². The highest BCUT2D eigenvalue weighted by Crippen LogP contribution is 2.30. The molecular weight excluding hydrogens is 246 g/mol. The first-order valence-corrected chi connectivity index (χ1v) is 6.05. The van der Waals surface area contributed by atoms with Gasteiger partial charge in [-0.2, -0.15) is 0 Å². The molecule has 0 aromatic carbocycles. The molecule has 2 rings (SSSR count). The van der Waals surface area contributed by atoms with E-state index in [0.717, 1.165) is 19.1 Å². The van der Waals surface area contributed by atoms with Crippen LogP contribution in [0.2, 0.25) is 0 Å². The second-order valence-corrected chi connectivity index (χ2v) is 4.50. The molecule has 0 aliphatic heterocycles. The molecule has 0 unspecified atom stereocenters. The van der Waals surface area contributed by atoms with Crippen molar-refractivity contribution in [3.63, 3.8) is 0 Å². The second kappa shape index (κ2) is 5.60. The van der Waals surface area contributed by atoms with E-state index in [1.807, 2.05) is 0 Å². The predicted molar refractivity (Wildman–Crippen MR) is 69.6 cm³/mol. The van der Waals surface area contributed by atoms with Gasteiger partial charge in [-0.25, -0.2) is 9.78 Å². The highest BCUT2D eigenvalue weighted by atomic mass is 16.5. The van der Waals surface area contributed by atoms with E-state index in [4.69, 9.17) is 20.7 Å². The van der Waals surface area contributed by atoms with Gasteiger partial charge < -0.3 is 20.7 Å². The minimum absolute atomic E-state index is 0.0998. The molecule has 6 heteroatoms. The van der Waals surface area contributed by atoms with Gasteiger partial charge in [-0.1, -0.05) is 0 Å². The zero-order valence-electron chi connectivity index (χ0n) is 10.3. The average Bonchev–Trinajstić information content (AvgIpc) is 3.20. The maximum Gasteiger partial charge on any atom is 0.354 e. The Morgan fingerprint density at radius 2 is 2.26 bits per heavy atom. The van der Waals surface area contributed by atoms with Crippen molar-refractivity contribution in [2.45, 2.75) is 19.3 Å². The molecule has 0 atom stereocenters. The van der Waals surface area contributed by atoms with Crippen LogP contribution in [0, 0.1) is 16.7 Å². The van der Waals surface area contributed by atoms with Gasteiger partial charge in [-0.3, -0.25) is 0 Å². The van der Waals surface area contributed by atoms with E-state index in [0.29, 0.717) is 18.1 Å². The van der Waals surface area contributed by atoms with E-state index in [9.17, 15) is 4.79 Å². The van der Waals surface area contributed by atoms with Crippen LogP contribution >= 0.6 is 0 Å². The van der Waals surface area contributed by atoms with E-state index in [1.165, 1.54) is 12.1 Å². The standard InChI is InChI=1S/C13H15N3O3/c14-6-5-10(15)9-3-4-11(13(17)18)16-12(9)19-7-8-1-2-8/h3-4,6,8,14-15H,1-2,5,7H2,(H,17,18). The normalized spacial score (nSPS) is 13.9. The fourth-order valence-electron chi connectivity index (χ4n) is 1.59. The summed E-state index contributed by atoms with van der Waals surface area (Å²) in [6, 6.07) is 2.87. The van der Waals surface area contributed by atoms with Gasteiger partial charge in [0.1, 0.15) is 0 Å². The first kappa shape index (κ1) is 13.2. The van der Waals surface area contributed by atoms with Gasteiger partial charge in [-0.15, -0.1) is 0 Å². The van der Waals surface area contributed by atoms with Crippen molar-refractivity contribution in [2.24, 2.45) is 5.92 Å². The van der Waals surface area contributed by atoms with Crippen molar-refractivity contribution in [3.8, 4) is 5.88 Å². The summed E-state index contributed by atoms with van der Waals surface area (Å²) < 4.78 is 5.53. The van der Waals surface area contributed by atoms with Crippen LogP contribution in [0.3, 0.4) is 0 Å². The molecule has 1 saturated carbocycles. The number of aromatic carboxylic acids is 1. The van der Waals surface area contributed by atoms with E-state index in [2.05, 4.69) is 4.98 Å². The average molecular weight is 261 g/mol. The molecule has 1 aliphatic carbocycles. The Labute approximate surface area is 110 Å². The number of rotatable bonds is 7. The molecule has 0 spiro atoms. The maximum atomic E-state index is 10.9. The van der Waals surface area contributed by atoms with Gasteiger partial charge in [-0.05, 0) is 30.9 Å². The molecule has 0 amide bonds. The Hall–Kier alpha value is -2.24. The molecule has 1 fully saturated rings. The fraction of sp³-hybridized carbons (Fsp3) is 0.385. The van der Waals surface area contributed by atoms with Crippen molar-refractivity contribution >= 4 is 17.9 Å². The van der Waals surface area contributed by atoms with Crippen LogP contribution in [0.25, 0.3) is 0 Å². The summed E-state index contributed by atoms with van der Waals surface area (Å²) in [5.41, 5.74) is 0.552. The number of carboxylic acid groups (broad SMARTS) is 1. The largest absolute Gasteiger partial charge is 0.477 e. The lowest BCUT2D eigenvalue weighted by Crippen LogP contribution is -2.11. The van der Waals surface area contributed by atoms with E-state index in [-0.39, 0.29) is 23.7 Å². The molecule has 19 heavy (non-hydrogen) atoms. The summed E-state index contributed by atoms with van der Waals surface area (Å²) in [5.74, 6) is -0.430. The van der Waals surface area contributed by atoms with Crippen molar-refractivity contribution in [1.82, 2.24) is 4.98 Å². The Morgan fingerprint density at radius 1 is 1.53 bits per heavy atom. The molecule has 1 heterocycles. The van der Waals surface area contributed by atoms with Gasteiger partial charge >= 0.3 is 5.97 Å². The third-order valence-corrected chi connectivity index (χ3v) is 2.86. The number of pyridine rings is 1. The molecule has 0 radical (unpaired) electrons. The number of hydrogen-bond donors (Lipinski definition) is 3. The molecule has 1 aromatic heterocycles. The van der Waals surface area contributed by atoms with Crippen molar-refractivity contribution in [1.29, 1.82) is 10.8 Å². The van der Waals surface area contributed by atoms with Crippen LogP contribution < -0.4 is 4.74 Å². The predicted octanol–water partition coefficient (Wildman–Crippen LogP) is 1.98. The highest BCUT2D eigenvalue weighted by Gasteiger charge is 2.23. The van der Waals surface area contributed by atoms with Gasteiger partial charge in [0, 0.05) is 18.3 Å². The zero-order valence-corrected chi connectivity index (χ0v) is 10.3. The first-order chi connectivity index (χ1) is 9.11.